The van der Waals surface area contributed by atoms with Crippen molar-refractivity contribution in [3.63, 3.8) is 0 Å². The first-order chi connectivity index (χ1) is 10.1. The quantitative estimate of drug-likeness (QED) is 0.633. The Morgan fingerprint density at radius 3 is 2.71 bits per heavy atom. The van der Waals surface area contributed by atoms with E-state index in [2.05, 4.69) is 5.32 Å². The molecular formula is C15H17NO5. The van der Waals surface area contributed by atoms with Crippen LogP contribution in [0.2, 0.25) is 0 Å². The fourth-order valence-corrected chi connectivity index (χ4v) is 2.31. The van der Waals surface area contributed by atoms with Gasteiger partial charge in [-0.3, -0.25) is 0 Å². The van der Waals surface area contributed by atoms with E-state index in [9.17, 15) is 14.4 Å². The molecule has 1 saturated carbocycles. The maximum Gasteiger partial charge on any atom is 0.408 e. The Morgan fingerprint density at radius 2 is 2.10 bits per heavy atom. The highest BCUT2D eigenvalue weighted by Crippen LogP contribution is 2.46. The number of benzene rings is 1. The summed E-state index contributed by atoms with van der Waals surface area (Å²) in [6.45, 7) is 0.113. The number of rotatable bonds is 6. The number of hydrogen-bond donors (Lipinski definition) is 1. The lowest BCUT2D eigenvalue weighted by atomic mass is 10.1. The van der Waals surface area contributed by atoms with Crippen LogP contribution in [0.5, 0.6) is 0 Å². The van der Waals surface area contributed by atoms with E-state index in [4.69, 9.17) is 9.47 Å². The van der Waals surface area contributed by atoms with Gasteiger partial charge in [0.25, 0.3) is 0 Å². The zero-order valence-electron chi connectivity index (χ0n) is 11.7. The van der Waals surface area contributed by atoms with Gasteiger partial charge in [0.1, 0.15) is 18.4 Å². The van der Waals surface area contributed by atoms with Crippen molar-refractivity contribution < 1.29 is 23.9 Å². The van der Waals surface area contributed by atoms with Gasteiger partial charge in [0.15, 0.2) is 0 Å². The van der Waals surface area contributed by atoms with Crippen LogP contribution in [0.4, 0.5) is 4.79 Å². The van der Waals surface area contributed by atoms with E-state index in [1.807, 2.05) is 30.3 Å². The summed E-state index contributed by atoms with van der Waals surface area (Å²) in [5, 5.41) is 2.53. The van der Waals surface area contributed by atoms with Gasteiger partial charge < -0.3 is 19.6 Å². The van der Waals surface area contributed by atoms with Gasteiger partial charge in [-0.05, 0) is 12.0 Å². The van der Waals surface area contributed by atoms with E-state index >= 15 is 0 Å². The summed E-state index contributed by atoms with van der Waals surface area (Å²) in [4.78, 5) is 34.1. The Bertz CT molecular complexity index is 530. The Hall–Kier alpha value is -2.37. The van der Waals surface area contributed by atoms with Gasteiger partial charge in [-0.15, -0.1) is 0 Å². The van der Waals surface area contributed by atoms with Crippen LogP contribution in [0.1, 0.15) is 18.4 Å². The Kier molecular flexibility index (Phi) is 4.57. The number of amides is 1. The first kappa shape index (κ1) is 15.0. The average Bonchev–Trinajstić information content (AvgIpc) is 3.19. The van der Waals surface area contributed by atoms with Gasteiger partial charge >= 0.3 is 12.1 Å². The van der Waals surface area contributed by atoms with Gasteiger partial charge in [0, 0.05) is 12.3 Å². The predicted molar refractivity (Wildman–Crippen MR) is 73.3 cm³/mol. The summed E-state index contributed by atoms with van der Waals surface area (Å²) in [6.07, 6.45) is 0.622. The number of alkyl carbamates (subject to hydrolysis) is 1. The minimum Gasteiger partial charge on any atom is -0.467 e. The van der Waals surface area contributed by atoms with E-state index in [1.165, 1.54) is 7.11 Å². The molecule has 0 heterocycles. The van der Waals surface area contributed by atoms with Crippen molar-refractivity contribution in [3.8, 4) is 0 Å². The molecule has 0 spiro atoms. The lowest BCUT2D eigenvalue weighted by Crippen LogP contribution is -2.45. The topological polar surface area (TPSA) is 81.7 Å². The van der Waals surface area contributed by atoms with Gasteiger partial charge in [0.2, 0.25) is 0 Å². The van der Waals surface area contributed by atoms with Crippen LogP contribution < -0.4 is 5.32 Å². The molecule has 1 aromatic rings. The Balaban J connectivity index is 1.91. The van der Waals surface area contributed by atoms with E-state index in [-0.39, 0.29) is 18.9 Å². The first-order valence-electron chi connectivity index (χ1n) is 6.63. The molecule has 1 fully saturated rings. The molecule has 2 atom stereocenters. The van der Waals surface area contributed by atoms with E-state index < -0.39 is 17.6 Å². The highest BCUT2D eigenvalue weighted by Gasteiger charge is 2.62. The van der Waals surface area contributed by atoms with Crippen molar-refractivity contribution >= 4 is 18.3 Å². The average molecular weight is 291 g/mol. The molecule has 0 radical (unpaired) electrons. The van der Waals surface area contributed by atoms with E-state index in [0.29, 0.717) is 6.42 Å². The third-order valence-corrected chi connectivity index (χ3v) is 3.57. The zero-order valence-corrected chi connectivity index (χ0v) is 11.7. The summed E-state index contributed by atoms with van der Waals surface area (Å²) in [5.74, 6) is -0.780. The van der Waals surface area contributed by atoms with E-state index in [0.717, 1.165) is 11.8 Å². The molecule has 1 aliphatic carbocycles. The van der Waals surface area contributed by atoms with Crippen molar-refractivity contribution in [1.82, 2.24) is 5.32 Å². The van der Waals surface area contributed by atoms with Crippen molar-refractivity contribution in [3.05, 3.63) is 35.9 Å². The predicted octanol–water partition coefficient (Wildman–Crippen LogP) is 1.43. The largest absolute Gasteiger partial charge is 0.467 e. The molecule has 21 heavy (non-hydrogen) atoms. The van der Waals surface area contributed by atoms with Crippen LogP contribution in [0.3, 0.4) is 0 Å². The second-order valence-corrected chi connectivity index (χ2v) is 4.95. The third-order valence-electron chi connectivity index (χ3n) is 3.57. The molecule has 112 valence electrons. The number of esters is 1. The van der Waals surface area contributed by atoms with Crippen LogP contribution in [-0.2, 0) is 25.7 Å². The third kappa shape index (κ3) is 3.39. The van der Waals surface area contributed by atoms with Gasteiger partial charge in [0.05, 0.1) is 7.11 Å². The number of carbonyl (C=O) groups is 3. The number of carbonyl (C=O) groups excluding carboxylic acids is 3. The van der Waals surface area contributed by atoms with Crippen molar-refractivity contribution in [2.45, 2.75) is 25.0 Å². The smallest absolute Gasteiger partial charge is 0.408 e. The van der Waals surface area contributed by atoms with Crippen LogP contribution >= 0.6 is 0 Å². The standard InChI is InChI=1S/C15H17NO5/c1-20-13(18)15(9-12(15)7-8-17)16-14(19)21-10-11-5-3-2-4-6-11/h2-6,8,12H,7,9-10H2,1H3,(H,16,19)/t12-,15-/m0/s1. The zero-order chi connectivity index (χ0) is 15.3. The monoisotopic (exact) mass is 291 g/mol. The maximum atomic E-state index is 11.8. The molecule has 0 unspecified atom stereocenters. The molecule has 1 amide bonds. The summed E-state index contributed by atoms with van der Waals surface area (Å²) in [7, 11) is 1.25. The lowest BCUT2D eigenvalue weighted by Gasteiger charge is -2.16. The number of aldehydes is 1. The Morgan fingerprint density at radius 1 is 1.38 bits per heavy atom. The lowest BCUT2D eigenvalue weighted by molar-refractivity contribution is -0.144. The van der Waals surface area contributed by atoms with Crippen LogP contribution in [0, 0.1) is 5.92 Å². The van der Waals surface area contributed by atoms with E-state index in [1.54, 1.807) is 0 Å². The molecule has 0 aromatic heterocycles. The molecule has 1 N–H and O–H groups in total. The normalized spacial score (nSPS) is 23.0. The SMILES string of the molecule is COC(=O)[C@]1(NC(=O)OCc2ccccc2)C[C@@H]1CC=O. The van der Waals surface area contributed by atoms with Gasteiger partial charge in [-0.2, -0.15) is 0 Å². The highest BCUT2D eigenvalue weighted by molar-refractivity contribution is 5.90. The van der Waals surface area contributed by atoms with Crippen LogP contribution in [-0.4, -0.2) is 31.0 Å². The van der Waals surface area contributed by atoms with Crippen LogP contribution in [0.25, 0.3) is 0 Å². The molecule has 1 aromatic carbocycles. The molecule has 2 rings (SSSR count). The van der Waals surface area contributed by atoms with Crippen molar-refractivity contribution in [1.29, 1.82) is 0 Å². The van der Waals surface area contributed by atoms with Crippen molar-refractivity contribution in [2.75, 3.05) is 7.11 Å². The number of methoxy groups -OCH3 is 1. The molecule has 1 aliphatic rings. The minimum absolute atomic E-state index is 0.113. The molecule has 0 bridgehead atoms. The van der Waals surface area contributed by atoms with Crippen molar-refractivity contribution in [2.24, 2.45) is 5.92 Å². The summed E-state index contributed by atoms with van der Waals surface area (Å²) in [5.41, 5.74) is -0.274. The first-order valence-corrected chi connectivity index (χ1v) is 6.63. The molecule has 0 aliphatic heterocycles. The minimum atomic E-state index is -1.12. The number of ether oxygens (including phenoxy) is 2. The second kappa shape index (κ2) is 6.39. The van der Waals surface area contributed by atoms with Gasteiger partial charge in [-0.25, -0.2) is 9.59 Å². The maximum absolute atomic E-state index is 11.8. The second-order valence-electron chi connectivity index (χ2n) is 4.95. The number of hydrogen-bond acceptors (Lipinski definition) is 5. The van der Waals surface area contributed by atoms with Gasteiger partial charge in [-0.1, -0.05) is 30.3 Å². The van der Waals surface area contributed by atoms with Crippen LogP contribution in [0.15, 0.2) is 30.3 Å². The molecular weight excluding hydrogens is 274 g/mol. The highest BCUT2D eigenvalue weighted by atomic mass is 16.6. The number of nitrogens with one attached hydrogen (secondary N) is 1. The molecule has 0 saturated heterocycles. The fraction of sp³-hybridized carbons (Fsp3) is 0.400. The summed E-state index contributed by atoms with van der Waals surface area (Å²) < 4.78 is 9.77. The summed E-state index contributed by atoms with van der Waals surface area (Å²) in [6, 6.07) is 9.20. The summed E-state index contributed by atoms with van der Waals surface area (Å²) >= 11 is 0. The molecule has 6 nitrogen and oxygen atoms in total. The Labute approximate surface area is 122 Å². The molecule has 6 heteroatoms. The fourth-order valence-electron chi connectivity index (χ4n) is 2.31.